The second-order valence-electron chi connectivity index (χ2n) is 7.98. The molecule has 1 aliphatic rings. The Kier molecular flexibility index (Phi) is 6.70. The summed E-state index contributed by atoms with van der Waals surface area (Å²) in [4.78, 5) is 18.2. The fraction of sp³-hybridized carbons (Fsp3) is 0.240. The number of hydrogen-bond donors (Lipinski definition) is 1. The Morgan fingerprint density at radius 2 is 2.00 bits per heavy atom. The lowest BCUT2D eigenvalue weighted by Crippen LogP contribution is -2.15. The molecule has 0 atom stereocenters. The van der Waals surface area contributed by atoms with Gasteiger partial charge in [-0.05, 0) is 48.9 Å². The van der Waals surface area contributed by atoms with Crippen LogP contribution in [0.4, 0.5) is 5.00 Å². The molecule has 0 fully saturated rings. The number of nitriles is 1. The van der Waals surface area contributed by atoms with Gasteiger partial charge in [0.2, 0.25) is 5.91 Å². The fourth-order valence-electron chi connectivity index (χ4n) is 4.08. The van der Waals surface area contributed by atoms with Crippen molar-refractivity contribution in [3.8, 4) is 17.5 Å². The van der Waals surface area contributed by atoms with E-state index in [0.29, 0.717) is 28.1 Å². The first-order valence-electron chi connectivity index (χ1n) is 11.1. The second kappa shape index (κ2) is 10.2. The zero-order chi connectivity index (χ0) is 23.3. The van der Waals surface area contributed by atoms with Crippen molar-refractivity contribution in [3.63, 3.8) is 0 Å². The molecule has 0 bridgehead atoms. The van der Waals surface area contributed by atoms with Gasteiger partial charge in [-0.15, -0.1) is 21.5 Å². The van der Waals surface area contributed by atoms with Gasteiger partial charge in [0.25, 0.3) is 0 Å². The smallest absolute Gasteiger partial charge is 0.235 e. The summed E-state index contributed by atoms with van der Waals surface area (Å²) >= 11 is 2.88. The van der Waals surface area contributed by atoms with Crippen molar-refractivity contribution in [1.29, 1.82) is 5.26 Å². The van der Waals surface area contributed by atoms with Crippen LogP contribution in [0.2, 0.25) is 0 Å². The van der Waals surface area contributed by atoms with Crippen LogP contribution in [0.15, 0.2) is 60.0 Å². The zero-order valence-electron chi connectivity index (χ0n) is 18.4. The number of pyridine rings is 1. The highest BCUT2D eigenvalue weighted by Crippen LogP contribution is 2.37. The maximum absolute atomic E-state index is 12.8. The van der Waals surface area contributed by atoms with Crippen molar-refractivity contribution < 1.29 is 4.79 Å². The number of nitrogens with one attached hydrogen (secondary N) is 1. The van der Waals surface area contributed by atoms with E-state index in [4.69, 9.17) is 0 Å². The molecule has 7 nitrogen and oxygen atoms in total. The number of hydrogen-bond acceptors (Lipinski definition) is 7. The molecule has 0 saturated heterocycles. The molecule has 0 spiro atoms. The number of amides is 1. The molecule has 170 valence electrons. The maximum atomic E-state index is 12.8. The van der Waals surface area contributed by atoms with Crippen molar-refractivity contribution in [1.82, 2.24) is 19.7 Å². The molecule has 0 saturated carbocycles. The molecular formula is C25H22N6OS2. The molecule has 4 aromatic rings. The van der Waals surface area contributed by atoms with Crippen molar-refractivity contribution in [3.05, 3.63) is 76.4 Å². The molecule has 5 rings (SSSR count). The van der Waals surface area contributed by atoms with Gasteiger partial charge in [-0.3, -0.25) is 14.3 Å². The highest BCUT2D eigenvalue weighted by Gasteiger charge is 2.22. The average Bonchev–Trinajstić information content (AvgIpc) is 3.44. The number of benzene rings is 1. The molecular weight excluding hydrogens is 464 g/mol. The molecule has 0 unspecified atom stereocenters. The van der Waals surface area contributed by atoms with Crippen LogP contribution in [0.3, 0.4) is 0 Å². The molecule has 0 radical (unpaired) electrons. The molecule has 1 aliphatic carbocycles. The lowest BCUT2D eigenvalue weighted by Gasteiger charge is -2.10. The minimum Gasteiger partial charge on any atom is -0.316 e. The first kappa shape index (κ1) is 22.3. The number of rotatable bonds is 7. The van der Waals surface area contributed by atoms with E-state index in [-0.39, 0.29) is 11.7 Å². The number of carbonyl (C=O) groups is 1. The summed E-state index contributed by atoms with van der Waals surface area (Å²) in [7, 11) is 0. The molecule has 1 aromatic carbocycles. The van der Waals surface area contributed by atoms with Crippen LogP contribution in [0, 0.1) is 11.3 Å². The minimum absolute atomic E-state index is 0.155. The first-order chi connectivity index (χ1) is 16.7. The van der Waals surface area contributed by atoms with Crippen LogP contribution in [0.1, 0.15) is 34.4 Å². The van der Waals surface area contributed by atoms with E-state index in [0.717, 1.165) is 42.4 Å². The second-order valence-corrected chi connectivity index (χ2v) is 10.0. The number of aryl methyl sites for hydroxylation is 1. The number of thioether (sulfide) groups is 1. The Morgan fingerprint density at radius 3 is 2.79 bits per heavy atom. The van der Waals surface area contributed by atoms with Gasteiger partial charge in [-0.2, -0.15) is 5.26 Å². The van der Waals surface area contributed by atoms with Gasteiger partial charge in [0.05, 0.1) is 17.9 Å². The molecule has 0 aliphatic heterocycles. The SMILES string of the molecule is N#Cc1c(NC(=O)CSc2nnc(-c3cccnc3)n2Cc2ccccc2)sc2c1CCCC2. The summed E-state index contributed by atoms with van der Waals surface area (Å²) in [5.41, 5.74) is 3.72. The summed E-state index contributed by atoms with van der Waals surface area (Å²) in [6.07, 6.45) is 7.61. The maximum Gasteiger partial charge on any atom is 0.235 e. The number of anilines is 1. The predicted octanol–water partition coefficient (Wildman–Crippen LogP) is 4.93. The fourth-order valence-corrected chi connectivity index (χ4v) is 6.07. The molecule has 3 aromatic heterocycles. The van der Waals surface area contributed by atoms with E-state index in [2.05, 4.69) is 38.7 Å². The quantitative estimate of drug-likeness (QED) is 0.372. The van der Waals surface area contributed by atoms with Crippen molar-refractivity contribution in [2.75, 3.05) is 11.1 Å². The summed E-state index contributed by atoms with van der Waals surface area (Å²) in [6, 6.07) is 16.2. The number of thiophene rings is 1. The average molecular weight is 487 g/mol. The number of carbonyl (C=O) groups excluding carboxylic acids is 1. The van der Waals surface area contributed by atoms with E-state index >= 15 is 0 Å². The Labute approximate surface area is 205 Å². The van der Waals surface area contributed by atoms with Gasteiger partial charge in [-0.25, -0.2) is 0 Å². The largest absolute Gasteiger partial charge is 0.316 e. The topological polar surface area (TPSA) is 96.5 Å². The molecule has 1 N–H and O–H groups in total. The standard InChI is InChI=1S/C25H22N6OS2/c26-13-20-19-10-4-5-11-21(19)34-24(20)28-22(32)16-33-25-30-29-23(18-9-6-12-27-14-18)31(25)15-17-7-2-1-3-8-17/h1-3,6-9,12,14H,4-5,10-11,15-16H2,(H,28,32). The minimum atomic E-state index is -0.155. The summed E-state index contributed by atoms with van der Waals surface area (Å²) in [6.45, 7) is 0.582. The normalized spacial score (nSPS) is 12.7. The Balaban J connectivity index is 1.34. The third kappa shape index (κ3) is 4.74. The Bertz CT molecular complexity index is 1340. The van der Waals surface area contributed by atoms with Crippen LogP contribution in [0.5, 0.6) is 0 Å². The van der Waals surface area contributed by atoms with E-state index in [9.17, 15) is 10.1 Å². The molecule has 34 heavy (non-hydrogen) atoms. The van der Waals surface area contributed by atoms with Gasteiger partial charge in [0.1, 0.15) is 11.1 Å². The van der Waals surface area contributed by atoms with Crippen LogP contribution in [-0.2, 0) is 24.2 Å². The van der Waals surface area contributed by atoms with Gasteiger partial charge in [0.15, 0.2) is 11.0 Å². The van der Waals surface area contributed by atoms with Crippen LogP contribution in [0.25, 0.3) is 11.4 Å². The summed E-state index contributed by atoms with van der Waals surface area (Å²) in [5.74, 6) is 0.725. The van der Waals surface area contributed by atoms with E-state index in [1.165, 1.54) is 28.0 Å². The predicted molar refractivity (Wildman–Crippen MR) is 134 cm³/mol. The van der Waals surface area contributed by atoms with Crippen molar-refractivity contribution in [2.24, 2.45) is 0 Å². The highest BCUT2D eigenvalue weighted by atomic mass is 32.2. The van der Waals surface area contributed by atoms with Gasteiger partial charge in [-0.1, -0.05) is 42.1 Å². The number of aromatic nitrogens is 4. The zero-order valence-corrected chi connectivity index (χ0v) is 20.0. The third-order valence-corrected chi connectivity index (χ3v) is 7.86. The van der Waals surface area contributed by atoms with Gasteiger partial charge < -0.3 is 5.32 Å². The third-order valence-electron chi connectivity index (χ3n) is 5.69. The van der Waals surface area contributed by atoms with Gasteiger partial charge >= 0.3 is 0 Å². The Morgan fingerprint density at radius 1 is 1.15 bits per heavy atom. The first-order valence-corrected chi connectivity index (χ1v) is 12.9. The lowest BCUT2D eigenvalue weighted by atomic mass is 9.96. The van der Waals surface area contributed by atoms with Crippen LogP contribution in [-0.4, -0.2) is 31.4 Å². The Hall–Kier alpha value is -3.48. The van der Waals surface area contributed by atoms with E-state index in [1.807, 2.05) is 34.9 Å². The lowest BCUT2D eigenvalue weighted by molar-refractivity contribution is -0.113. The van der Waals surface area contributed by atoms with Crippen LogP contribution >= 0.6 is 23.1 Å². The molecule has 3 heterocycles. The summed E-state index contributed by atoms with van der Waals surface area (Å²) < 4.78 is 2.01. The van der Waals surface area contributed by atoms with Crippen molar-refractivity contribution >= 4 is 34.0 Å². The summed E-state index contributed by atoms with van der Waals surface area (Å²) in [5, 5.41) is 22.7. The highest BCUT2D eigenvalue weighted by molar-refractivity contribution is 7.99. The number of fused-ring (bicyclic) bond motifs is 1. The number of nitrogens with zero attached hydrogens (tertiary/aromatic N) is 5. The van der Waals surface area contributed by atoms with Gasteiger partial charge in [0, 0.05) is 22.8 Å². The van der Waals surface area contributed by atoms with Crippen molar-refractivity contribution in [2.45, 2.75) is 37.4 Å². The van der Waals surface area contributed by atoms with E-state index < -0.39 is 0 Å². The molecule has 9 heteroatoms. The monoisotopic (exact) mass is 486 g/mol. The molecule has 1 amide bonds. The van der Waals surface area contributed by atoms with Crippen LogP contribution < -0.4 is 5.32 Å². The van der Waals surface area contributed by atoms with E-state index in [1.54, 1.807) is 12.4 Å².